The lowest BCUT2D eigenvalue weighted by Gasteiger charge is -2.45. The van der Waals surface area contributed by atoms with Gasteiger partial charge in [-0.1, -0.05) is 11.6 Å². The van der Waals surface area contributed by atoms with Crippen LogP contribution >= 0.6 is 11.6 Å². The number of methoxy groups -OCH3 is 1. The van der Waals surface area contributed by atoms with Crippen molar-refractivity contribution in [3.05, 3.63) is 22.7 Å². The molecule has 7 heteroatoms. The zero-order valence-electron chi connectivity index (χ0n) is 13.5. The van der Waals surface area contributed by atoms with Gasteiger partial charge in [0.15, 0.2) is 11.5 Å². The predicted octanol–water partition coefficient (Wildman–Crippen LogP) is 1.01. The van der Waals surface area contributed by atoms with E-state index in [4.69, 9.17) is 16.3 Å². The van der Waals surface area contributed by atoms with Crippen molar-refractivity contribution in [2.75, 3.05) is 46.9 Å². The van der Waals surface area contributed by atoms with Gasteiger partial charge in [-0.3, -0.25) is 14.6 Å². The summed E-state index contributed by atoms with van der Waals surface area (Å²) in [7, 11) is 3.38. The van der Waals surface area contributed by atoms with Crippen LogP contribution in [0, 0.1) is 0 Å². The summed E-state index contributed by atoms with van der Waals surface area (Å²) < 4.78 is 5.15. The SMILES string of the molecule is COc1cc(CN2CCN3CCN(C)C(=O)C3C2)c(Cl)cc1O. The van der Waals surface area contributed by atoms with Gasteiger partial charge in [0.1, 0.15) is 6.04 Å². The first kappa shape index (κ1) is 16.4. The number of rotatable bonds is 3. The lowest BCUT2D eigenvalue weighted by Crippen LogP contribution is -2.63. The molecule has 1 aromatic carbocycles. The van der Waals surface area contributed by atoms with Crippen LogP contribution in [-0.4, -0.2) is 78.6 Å². The number of piperazine rings is 2. The highest BCUT2D eigenvalue weighted by Gasteiger charge is 2.37. The molecule has 6 nitrogen and oxygen atoms in total. The van der Waals surface area contributed by atoms with E-state index < -0.39 is 0 Å². The Labute approximate surface area is 141 Å². The molecule has 0 saturated carbocycles. The van der Waals surface area contributed by atoms with Gasteiger partial charge >= 0.3 is 0 Å². The van der Waals surface area contributed by atoms with Crippen LogP contribution in [-0.2, 0) is 11.3 Å². The predicted molar refractivity (Wildman–Crippen MR) is 87.9 cm³/mol. The number of amides is 1. The van der Waals surface area contributed by atoms with Gasteiger partial charge in [0.2, 0.25) is 5.91 Å². The Balaban J connectivity index is 1.73. The van der Waals surface area contributed by atoms with Gasteiger partial charge in [0.25, 0.3) is 0 Å². The number of carbonyl (C=O) groups is 1. The van der Waals surface area contributed by atoms with Crippen molar-refractivity contribution in [3.63, 3.8) is 0 Å². The Hall–Kier alpha value is -1.50. The van der Waals surface area contributed by atoms with Gasteiger partial charge in [-0.2, -0.15) is 0 Å². The first-order valence-electron chi connectivity index (χ1n) is 7.76. The van der Waals surface area contributed by atoms with Crippen molar-refractivity contribution >= 4 is 17.5 Å². The van der Waals surface area contributed by atoms with E-state index in [1.165, 1.54) is 13.2 Å². The number of halogens is 1. The van der Waals surface area contributed by atoms with E-state index in [-0.39, 0.29) is 17.7 Å². The van der Waals surface area contributed by atoms with Crippen LogP contribution < -0.4 is 4.74 Å². The fourth-order valence-corrected chi connectivity index (χ4v) is 3.49. The fourth-order valence-electron chi connectivity index (χ4n) is 3.28. The van der Waals surface area contributed by atoms with Gasteiger partial charge in [-0.05, 0) is 11.6 Å². The van der Waals surface area contributed by atoms with Crippen LogP contribution in [0.4, 0.5) is 0 Å². The average Bonchev–Trinajstić information content (AvgIpc) is 2.54. The van der Waals surface area contributed by atoms with Gasteiger partial charge in [-0.15, -0.1) is 0 Å². The quantitative estimate of drug-likeness (QED) is 0.891. The summed E-state index contributed by atoms with van der Waals surface area (Å²) in [5, 5.41) is 10.3. The molecule has 1 atom stereocenters. The standard InChI is InChI=1S/C16H22ClN3O3/c1-18-3-5-20-6-4-19(10-13(20)16(18)22)9-11-7-15(23-2)14(21)8-12(11)17/h7-8,13,21H,3-6,9-10H2,1-2H3. The number of likely N-dealkylation sites (N-methyl/N-ethyl adjacent to an activating group) is 1. The summed E-state index contributed by atoms with van der Waals surface area (Å²) in [6, 6.07) is 3.20. The molecule has 126 valence electrons. The number of carbonyl (C=O) groups excluding carboxylic acids is 1. The van der Waals surface area contributed by atoms with Crippen molar-refractivity contribution in [2.45, 2.75) is 12.6 Å². The van der Waals surface area contributed by atoms with Crippen molar-refractivity contribution < 1.29 is 14.6 Å². The van der Waals surface area contributed by atoms with Crippen molar-refractivity contribution in [2.24, 2.45) is 0 Å². The second kappa shape index (κ2) is 6.55. The van der Waals surface area contributed by atoms with E-state index in [2.05, 4.69) is 9.80 Å². The van der Waals surface area contributed by atoms with Gasteiger partial charge < -0.3 is 14.7 Å². The number of phenolic OH excluding ortho intramolecular Hbond substituents is 1. The molecule has 2 heterocycles. The van der Waals surface area contributed by atoms with Crippen LogP contribution in [0.5, 0.6) is 11.5 Å². The second-order valence-corrected chi connectivity index (χ2v) is 6.57. The van der Waals surface area contributed by atoms with Crippen LogP contribution in [0.1, 0.15) is 5.56 Å². The van der Waals surface area contributed by atoms with Crippen molar-refractivity contribution in [1.82, 2.24) is 14.7 Å². The third-order valence-electron chi connectivity index (χ3n) is 4.70. The van der Waals surface area contributed by atoms with Crippen LogP contribution in [0.25, 0.3) is 0 Å². The monoisotopic (exact) mass is 339 g/mol. The Morgan fingerprint density at radius 1 is 1.30 bits per heavy atom. The van der Waals surface area contributed by atoms with E-state index in [1.807, 2.05) is 7.05 Å². The molecule has 2 aliphatic rings. The highest BCUT2D eigenvalue weighted by molar-refractivity contribution is 6.31. The summed E-state index contributed by atoms with van der Waals surface area (Å²) >= 11 is 6.24. The van der Waals surface area contributed by atoms with Gasteiger partial charge in [-0.25, -0.2) is 0 Å². The number of benzene rings is 1. The summed E-state index contributed by atoms with van der Waals surface area (Å²) in [6.45, 7) is 4.86. The Bertz CT molecular complexity index is 610. The lowest BCUT2D eigenvalue weighted by molar-refractivity contribution is -0.143. The van der Waals surface area contributed by atoms with E-state index in [1.54, 1.807) is 11.0 Å². The molecular weight excluding hydrogens is 318 g/mol. The Morgan fingerprint density at radius 3 is 2.78 bits per heavy atom. The third-order valence-corrected chi connectivity index (χ3v) is 5.05. The second-order valence-electron chi connectivity index (χ2n) is 6.16. The minimum Gasteiger partial charge on any atom is -0.504 e. The molecule has 1 amide bonds. The fraction of sp³-hybridized carbons (Fsp3) is 0.562. The maximum atomic E-state index is 12.3. The number of phenols is 1. The topological polar surface area (TPSA) is 56.2 Å². The molecule has 0 spiro atoms. The zero-order chi connectivity index (χ0) is 16.6. The van der Waals surface area contributed by atoms with Crippen molar-refractivity contribution in [1.29, 1.82) is 0 Å². The number of hydrogen-bond acceptors (Lipinski definition) is 5. The molecule has 0 bridgehead atoms. The number of fused-ring (bicyclic) bond motifs is 1. The number of nitrogens with zero attached hydrogens (tertiary/aromatic N) is 3. The highest BCUT2D eigenvalue weighted by atomic mass is 35.5. The molecule has 1 unspecified atom stereocenters. The first-order valence-corrected chi connectivity index (χ1v) is 8.14. The van der Waals surface area contributed by atoms with Crippen LogP contribution in [0.3, 0.4) is 0 Å². The van der Waals surface area contributed by atoms with Crippen molar-refractivity contribution in [3.8, 4) is 11.5 Å². The highest BCUT2D eigenvalue weighted by Crippen LogP contribution is 2.33. The third kappa shape index (κ3) is 3.24. The summed E-state index contributed by atoms with van der Waals surface area (Å²) in [5.74, 6) is 0.641. The Morgan fingerprint density at radius 2 is 2.04 bits per heavy atom. The van der Waals surface area contributed by atoms with Gasteiger partial charge in [0, 0.05) is 57.4 Å². The normalized spacial score (nSPS) is 23.0. The molecule has 23 heavy (non-hydrogen) atoms. The van der Waals surface area contributed by atoms with Gasteiger partial charge in [0.05, 0.1) is 7.11 Å². The Kier molecular flexibility index (Phi) is 4.66. The largest absolute Gasteiger partial charge is 0.504 e. The van der Waals surface area contributed by atoms with E-state index in [0.717, 1.165) is 31.7 Å². The van der Waals surface area contributed by atoms with Crippen LogP contribution in [0.15, 0.2) is 12.1 Å². The number of hydrogen-bond donors (Lipinski definition) is 1. The van der Waals surface area contributed by atoms with E-state index in [0.29, 0.717) is 23.9 Å². The molecule has 1 aromatic rings. The first-order chi connectivity index (χ1) is 11.0. The molecular formula is C16H22ClN3O3. The minimum atomic E-state index is -0.0692. The lowest BCUT2D eigenvalue weighted by atomic mass is 10.1. The summed E-state index contributed by atoms with van der Waals surface area (Å²) in [5.41, 5.74) is 0.895. The number of aromatic hydroxyl groups is 1. The minimum absolute atomic E-state index is 0.0372. The molecule has 2 fully saturated rings. The maximum Gasteiger partial charge on any atom is 0.241 e. The zero-order valence-corrected chi connectivity index (χ0v) is 14.2. The molecule has 0 radical (unpaired) electrons. The van der Waals surface area contributed by atoms with E-state index in [9.17, 15) is 9.90 Å². The maximum absolute atomic E-state index is 12.3. The molecule has 2 aliphatic heterocycles. The summed E-state index contributed by atoms with van der Waals surface area (Å²) in [6.07, 6.45) is 0. The number of ether oxygens (including phenoxy) is 1. The molecule has 0 aliphatic carbocycles. The molecule has 0 aromatic heterocycles. The van der Waals surface area contributed by atoms with E-state index >= 15 is 0 Å². The smallest absolute Gasteiger partial charge is 0.241 e. The average molecular weight is 340 g/mol. The molecule has 1 N–H and O–H groups in total. The molecule has 3 rings (SSSR count). The summed E-state index contributed by atoms with van der Waals surface area (Å²) in [4.78, 5) is 18.6. The molecule has 2 saturated heterocycles. The van der Waals surface area contributed by atoms with Crippen LogP contribution in [0.2, 0.25) is 5.02 Å².